The average molecular weight is 152 g/mol. The van der Waals surface area contributed by atoms with Crippen molar-refractivity contribution in [3.8, 4) is 0 Å². The van der Waals surface area contributed by atoms with Crippen LogP contribution in [0, 0.1) is 0 Å². The maximum atomic E-state index is 10.0. The van der Waals surface area contributed by atoms with E-state index in [4.69, 9.17) is 4.52 Å². The molecule has 4 heteroatoms. The van der Waals surface area contributed by atoms with Gasteiger partial charge in [0.2, 0.25) is 5.89 Å². The number of hydrogen-bond acceptors (Lipinski definition) is 4. The number of aromatic nitrogens is 2. The summed E-state index contributed by atoms with van der Waals surface area (Å²) in [5, 5.41) is 3.65. The highest BCUT2D eigenvalue weighted by Crippen LogP contribution is 2.38. The fourth-order valence-electron chi connectivity index (χ4n) is 0.921. The van der Waals surface area contributed by atoms with E-state index in [0.717, 1.165) is 19.1 Å². The number of aldehydes is 1. The van der Waals surface area contributed by atoms with Crippen molar-refractivity contribution in [2.24, 2.45) is 0 Å². The Hall–Kier alpha value is -1.19. The molecule has 1 heterocycles. The second-order valence-corrected chi connectivity index (χ2v) is 2.69. The van der Waals surface area contributed by atoms with Crippen LogP contribution in [0.15, 0.2) is 4.52 Å². The summed E-state index contributed by atoms with van der Waals surface area (Å²) in [6.45, 7) is 0. The molecule has 1 aromatic rings. The third-order valence-electron chi connectivity index (χ3n) is 1.68. The zero-order valence-corrected chi connectivity index (χ0v) is 5.99. The molecule has 0 aliphatic heterocycles. The maximum Gasteiger partial charge on any atom is 0.229 e. The summed E-state index contributed by atoms with van der Waals surface area (Å²) in [7, 11) is 0. The predicted octanol–water partition coefficient (Wildman–Crippen LogP) is 0.688. The van der Waals surface area contributed by atoms with Gasteiger partial charge in [-0.1, -0.05) is 5.16 Å². The largest absolute Gasteiger partial charge is 0.339 e. The molecule has 1 saturated carbocycles. The summed E-state index contributed by atoms with van der Waals surface area (Å²) in [6.07, 6.45) is 3.32. The van der Waals surface area contributed by atoms with Crippen molar-refractivity contribution < 1.29 is 9.32 Å². The lowest BCUT2D eigenvalue weighted by molar-refractivity contribution is -0.107. The molecule has 0 unspecified atom stereocenters. The van der Waals surface area contributed by atoms with E-state index >= 15 is 0 Å². The van der Waals surface area contributed by atoms with E-state index < -0.39 is 0 Å². The molecule has 1 fully saturated rings. The van der Waals surface area contributed by atoms with Gasteiger partial charge in [-0.05, 0) is 12.8 Å². The molecule has 0 aromatic carbocycles. The summed E-state index contributed by atoms with van der Waals surface area (Å²) in [5.41, 5.74) is 0. The Kier molecular flexibility index (Phi) is 1.45. The van der Waals surface area contributed by atoms with E-state index in [2.05, 4.69) is 10.1 Å². The van der Waals surface area contributed by atoms with E-state index in [1.807, 2.05) is 0 Å². The van der Waals surface area contributed by atoms with E-state index in [-0.39, 0.29) is 6.42 Å². The summed E-state index contributed by atoms with van der Waals surface area (Å²) in [6, 6.07) is 0. The van der Waals surface area contributed by atoms with Crippen molar-refractivity contribution in [3.05, 3.63) is 11.7 Å². The quantitative estimate of drug-likeness (QED) is 0.598. The van der Waals surface area contributed by atoms with Gasteiger partial charge in [0.15, 0.2) is 5.82 Å². The van der Waals surface area contributed by atoms with Crippen molar-refractivity contribution >= 4 is 6.29 Å². The molecule has 0 atom stereocenters. The molecule has 0 spiro atoms. The number of carbonyl (C=O) groups excluding carboxylic acids is 1. The standard InChI is InChI=1S/C7H8N2O2/c10-4-3-6-8-7(11-9-6)5-1-2-5/h4-5H,1-3H2. The van der Waals surface area contributed by atoms with Crippen LogP contribution >= 0.6 is 0 Å². The Bertz CT molecular complexity index is 265. The van der Waals surface area contributed by atoms with Crippen LogP contribution in [0.1, 0.15) is 30.5 Å². The van der Waals surface area contributed by atoms with Crippen LogP contribution < -0.4 is 0 Å². The predicted molar refractivity (Wildman–Crippen MR) is 36.0 cm³/mol. The normalized spacial score (nSPS) is 16.7. The molecule has 0 radical (unpaired) electrons. The van der Waals surface area contributed by atoms with Gasteiger partial charge in [-0.15, -0.1) is 0 Å². The van der Waals surface area contributed by atoms with Crippen molar-refractivity contribution in [1.82, 2.24) is 10.1 Å². The number of hydrogen-bond donors (Lipinski definition) is 0. The minimum absolute atomic E-state index is 0.260. The summed E-state index contributed by atoms with van der Waals surface area (Å²) >= 11 is 0. The summed E-state index contributed by atoms with van der Waals surface area (Å²) < 4.78 is 4.92. The Morgan fingerprint density at radius 3 is 3.09 bits per heavy atom. The van der Waals surface area contributed by atoms with Crippen LogP contribution in [0.5, 0.6) is 0 Å². The van der Waals surface area contributed by atoms with E-state index in [1.165, 1.54) is 0 Å². The summed E-state index contributed by atoms with van der Waals surface area (Å²) in [4.78, 5) is 14.1. The molecule has 0 saturated heterocycles. The van der Waals surface area contributed by atoms with Crippen molar-refractivity contribution in [1.29, 1.82) is 0 Å². The first-order chi connectivity index (χ1) is 5.40. The fraction of sp³-hybridized carbons (Fsp3) is 0.571. The van der Waals surface area contributed by atoms with Crippen LogP contribution in [0.25, 0.3) is 0 Å². The van der Waals surface area contributed by atoms with E-state index in [1.54, 1.807) is 0 Å². The minimum Gasteiger partial charge on any atom is -0.339 e. The molecule has 0 N–H and O–H groups in total. The molecule has 1 aliphatic carbocycles. The highest BCUT2D eigenvalue weighted by molar-refractivity contribution is 5.52. The lowest BCUT2D eigenvalue weighted by Gasteiger charge is -1.79. The highest BCUT2D eigenvalue weighted by Gasteiger charge is 2.29. The lowest BCUT2D eigenvalue weighted by atomic mass is 10.4. The zero-order chi connectivity index (χ0) is 7.68. The van der Waals surface area contributed by atoms with E-state index in [0.29, 0.717) is 17.6 Å². The maximum absolute atomic E-state index is 10.0. The Morgan fingerprint density at radius 2 is 2.45 bits per heavy atom. The molecule has 0 amide bonds. The molecule has 1 aromatic heterocycles. The number of nitrogens with zero attached hydrogens (tertiary/aromatic N) is 2. The molecule has 58 valence electrons. The first-order valence-electron chi connectivity index (χ1n) is 3.66. The molecule has 4 nitrogen and oxygen atoms in total. The first-order valence-corrected chi connectivity index (χ1v) is 3.66. The van der Waals surface area contributed by atoms with Crippen LogP contribution in [0.3, 0.4) is 0 Å². The van der Waals surface area contributed by atoms with Crippen molar-refractivity contribution in [2.45, 2.75) is 25.2 Å². The van der Waals surface area contributed by atoms with Gasteiger partial charge < -0.3 is 9.32 Å². The summed E-state index contributed by atoms with van der Waals surface area (Å²) in [5.74, 6) is 1.67. The zero-order valence-electron chi connectivity index (χ0n) is 5.99. The lowest BCUT2D eigenvalue weighted by Crippen LogP contribution is -1.88. The van der Waals surface area contributed by atoms with E-state index in [9.17, 15) is 4.79 Å². The Morgan fingerprint density at radius 1 is 1.64 bits per heavy atom. The van der Waals surface area contributed by atoms with Gasteiger partial charge in [0.1, 0.15) is 6.29 Å². The second-order valence-electron chi connectivity index (χ2n) is 2.69. The van der Waals surface area contributed by atoms with Crippen LogP contribution in [-0.2, 0) is 11.2 Å². The Labute approximate surface area is 63.6 Å². The average Bonchev–Trinajstić information content (AvgIpc) is 2.75. The third kappa shape index (κ3) is 1.29. The van der Waals surface area contributed by atoms with Crippen LogP contribution in [0.2, 0.25) is 0 Å². The SMILES string of the molecule is O=CCc1noc(C2CC2)n1. The smallest absolute Gasteiger partial charge is 0.229 e. The van der Waals surface area contributed by atoms with Gasteiger partial charge >= 0.3 is 0 Å². The monoisotopic (exact) mass is 152 g/mol. The van der Waals surface area contributed by atoms with Gasteiger partial charge in [0.05, 0.1) is 6.42 Å². The van der Waals surface area contributed by atoms with Crippen LogP contribution in [-0.4, -0.2) is 16.4 Å². The van der Waals surface area contributed by atoms with Gasteiger partial charge in [-0.25, -0.2) is 0 Å². The van der Waals surface area contributed by atoms with Crippen LogP contribution in [0.4, 0.5) is 0 Å². The third-order valence-corrected chi connectivity index (χ3v) is 1.68. The molecular formula is C7H8N2O2. The molecule has 2 rings (SSSR count). The molecular weight excluding hydrogens is 144 g/mol. The number of rotatable bonds is 3. The molecule has 1 aliphatic rings. The van der Waals surface area contributed by atoms with Gasteiger partial charge in [-0.2, -0.15) is 4.98 Å². The van der Waals surface area contributed by atoms with Gasteiger partial charge in [0.25, 0.3) is 0 Å². The van der Waals surface area contributed by atoms with Gasteiger partial charge in [0, 0.05) is 5.92 Å². The second kappa shape index (κ2) is 2.45. The fourth-order valence-corrected chi connectivity index (χ4v) is 0.921. The van der Waals surface area contributed by atoms with Crippen molar-refractivity contribution in [2.75, 3.05) is 0 Å². The molecule has 11 heavy (non-hydrogen) atoms. The van der Waals surface area contributed by atoms with Crippen molar-refractivity contribution in [3.63, 3.8) is 0 Å². The van der Waals surface area contributed by atoms with Gasteiger partial charge in [-0.3, -0.25) is 0 Å². The highest BCUT2D eigenvalue weighted by atomic mass is 16.5. The molecule has 0 bridgehead atoms. The topological polar surface area (TPSA) is 56.0 Å². The Balaban J connectivity index is 2.11. The number of carbonyl (C=O) groups is 1. The first kappa shape index (κ1) is 6.52. The minimum atomic E-state index is 0.260.